The Balaban J connectivity index is 1.88. The van der Waals surface area contributed by atoms with E-state index in [0.717, 1.165) is 17.8 Å². The summed E-state index contributed by atoms with van der Waals surface area (Å²) in [6, 6.07) is 11.7. The maximum Gasteiger partial charge on any atom is -0.0181 e. The number of aryl methyl sites for hydroxylation is 1. The molecule has 0 heteroatoms. The van der Waals surface area contributed by atoms with Crippen molar-refractivity contribution < 1.29 is 0 Å². The van der Waals surface area contributed by atoms with Crippen molar-refractivity contribution in [3.63, 3.8) is 0 Å². The summed E-state index contributed by atoms with van der Waals surface area (Å²) in [5.41, 5.74) is 2.04. The van der Waals surface area contributed by atoms with Crippen LogP contribution in [-0.2, 0) is 6.42 Å². The molecule has 0 aromatic heterocycles. The minimum Gasteiger partial charge on any atom is -0.0654 e. The molecule has 227 valence electrons. The van der Waals surface area contributed by atoms with Gasteiger partial charge in [0.05, 0.1) is 0 Å². The number of hydrogen-bond acceptors (Lipinski definition) is 0. The van der Waals surface area contributed by atoms with Crippen LogP contribution >= 0.6 is 0 Å². The van der Waals surface area contributed by atoms with Crippen LogP contribution in [0.4, 0.5) is 0 Å². The van der Waals surface area contributed by atoms with Gasteiger partial charge in [0.25, 0.3) is 0 Å². The zero-order chi connectivity index (χ0) is 28.6. The van der Waals surface area contributed by atoms with E-state index < -0.39 is 0 Å². The van der Waals surface area contributed by atoms with Crippen LogP contribution in [0.15, 0.2) is 24.3 Å². The Labute approximate surface area is 247 Å². The summed E-state index contributed by atoms with van der Waals surface area (Å²) in [6.07, 6.45) is 32.7. The fourth-order valence-electron chi connectivity index (χ4n) is 6.70. The van der Waals surface area contributed by atoms with Crippen LogP contribution in [0.5, 0.6) is 0 Å². The Bertz CT molecular complexity index is 633. The maximum absolute atomic E-state index is 3.19. The van der Waals surface area contributed by atoms with Gasteiger partial charge in [-0.1, -0.05) is 188 Å². The molecule has 0 saturated carbocycles. The van der Waals surface area contributed by atoms with Crippen LogP contribution in [0.3, 0.4) is 0 Å². The van der Waals surface area contributed by atoms with Gasteiger partial charge in [0.15, 0.2) is 0 Å². The zero-order valence-electron chi connectivity index (χ0n) is 27.8. The molecule has 0 spiro atoms. The Morgan fingerprint density at radius 3 is 1.59 bits per heavy atom. The minimum absolute atomic E-state index is 0.589. The van der Waals surface area contributed by atoms with Gasteiger partial charge >= 0.3 is 0 Å². The van der Waals surface area contributed by atoms with Gasteiger partial charge in [0.1, 0.15) is 0 Å². The first kappa shape index (κ1) is 36.2. The van der Waals surface area contributed by atoms with E-state index in [0.29, 0.717) is 5.41 Å². The van der Waals surface area contributed by atoms with E-state index in [2.05, 4.69) is 65.8 Å². The topological polar surface area (TPSA) is 0 Å². The smallest absolute Gasteiger partial charge is 0.0181 e. The van der Waals surface area contributed by atoms with Crippen molar-refractivity contribution in [2.75, 3.05) is 0 Å². The minimum atomic E-state index is 0.589. The van der Waals surface area contributed by atoms with Gasteiger partial charge in [-0.2, -0.15) is 0 Å². The highest BCUT2D eigenvalue weighted by Crippen LogP contribution is 2.36. The lowest BCUT2D eigenvalue weighted by Gasteiger charge is -2.31. The van der Waals surface area contributed by atoms with Crippen molar-refractivity contribution in [3.8, 4) is 0 Å². The Kier molecular flexibility index (Phi) is 22.2. The molecule has 0 N–H and O–H groups in total. The molecule has 0 nitrogen and oxygen atoms in total. The fourth-order valence-corrected chi connectivity index (χ4v) is 6.70. The van der Waals surface area contributed by atoms with E-state index in [9.17, 15) is 0 Å². The molecule has 1 aromatic carbocycles. The van der Waals surface area contributed by atoms with Crippen molar-refractivity contribution in [2.24, 2.45) is 23.2 Å². The lowest BCUT2D eigenvalue weighted by Crippen LogP contribution is -2.19. The first-order valence-corrected chi connectivity index (χ1v) is 17.8. The molecule has 39 heavy (non-hydrogen) atoms. The number of benzene rings is 1. The second-order valence-corrected chi connectivity index (χ2v) is 14.1. The van der Waals surface area contributed by atoms with Crippen molar-refractivity contribution in [1.82, 2.24) is 0 Å². The molecule has 0 bridgehead atoms. The molecule has 0 aliphatic carbocycles. The summed E-state index contributed by atoms with van der Waals surface area (Å²) >= 11 is 0. The van der Waals surface area contributed by atoms with E-state index in [4.69, 9.17) is 0 Å². The first-order chi connectivity index (χ1) is 18.9. The quantitative estimate of drug-likeness (QED) is 0.0975. The third-order valence-electron chi connectivity index (χ3n) is 9.80. The average Bonchev–Trinajstić information content (AvgIpc) is 2.93. The molecule has 0 fully saturated rings. The summed E-state index contributed by atoms with van der Waals surface area (Å²) in [5.74, 6) is 2.76. The third-order valence-corrected chi connectivity index (χ3v) is 9.80. The van der Waals surface area contributed by atoms with Gasteiger partial charge in [-0.25, -0.2) is 0 Å². The molecular formula is C39H71. The van der Waals surface area contributed by atoms with E-state index in [1.165, 1.54) is 153 Å². The number of hydrogen-bond donors (Lipinski definition) is 0. The summed E-state index contributed by atoms with van der Waals surface area (Å²) in [7, 11) is 0. The molecule has 0 aliphatic heterocycles. The molecule has 0 amide bonds. The molecular weight excluding hydrogens is 468 g/mol. The summed E-state index contributed by atoms with van der Waals surface area (Å²) < 4.78 is 0. The standard InChI is InChI=1S/C39H71/c1-7-9-33-39(6,8-2)34-37(5)29-20-14-13-19-27-35(3)25-17-11-10-12-18-26-36(4)28-21-15-22-30-38-31-23-16-24-32-38/h16,23,31-32,35-37H,7-15,17-22,25-30,33-34H2,1-6H3. The second kappa shape index (κ2) is 23.9. The van der Waals surface area contributed by atoms with E-state index >= 15 is 0 Å². The SMILES string of the molecule is CCCCC(C)(CC)CC(C)CCCCCCC(C)CCCCCCCC(C)CCCCCc1c[c]ccc1. The summed E-state index contributed by atoms with van der Waals surface area (Å²) in [4.78, 5) is 0. The predicted molar refractivity (Wildman–Crippen MR) is 178 cm³/mol. The molecule has 1 aromatic rings. The van der Waals surface area contributed by atoms with Gasteiger partial charge < -0.3 is 0 Å². The van der Waals surface area contributed by atoms with Crippen molar-refractivity contribution in [2.45, 2.75) is 189 Å². The second-order valence-electron chi connectivity index (χ2n) is 14.1. The van der Waals surface area contributed by atoms with Gasteiger partial charge in [-0.15, -0.1) is 0 Å². The van der Waals surface area contributed by atoms with E-state index in [-0.39, 0.29) is 0 Å². The Hall–Kier alpha value is -0.780. The lowest BCUT2D eigenvalue weighted by atomic mass is 9.74. The van der Waals surface area contributed by atoms with Gasteiger partial charge in [0, 0.05) is 0 Å². The van der Waals surface area contributed by atoms with Crippen molar-refractivity contribution in [3.05, 3.63) is 35.9 Å². The zero-order valence-corrected chi connectivity index (χ0v) is 27.8. The normalized spacial score (nSPS) is 15.6. The molecule has 1 rings (SSSR count). The predicted octanol–water partition coefficient (Wildman–Crippen LogP) is 13.6. The van der Waals surface area contributed by atoms with Gasteiger partial charge in [-0.05, 0) is 60.5 Å². The van der Waals surface area contributed by atoms with Crippen LogP contribution < -0.4 is 0 Å². The molecule has 4 atom stereocenters. The Morgan fingerprint density at radius 1 is 0.641 bits per heavy atom. The fraction of sp³-hybridized carbons (Fsp3) is 0.846. The molecule has 0 saturated heterocycles. The summed E-state index contributed by atoms with van der Waals surface area (Å²) in [5, 5.41) is 0. The molecule has 0 heterocycles. The van der Waals surface area contributed by atoms with Crippen LogP contribution in [0.1, 0.15) is 188 Å². The highest BCUT2D eigenvalue weighted by atomic mass is 14.3. The first-order valence-electron chi connectivity index (χ1n) is 17.8. The van der Waals surface area contributed by atoms with E-state index in [1.807, 2.05) is 6.07 Å². The molecule has 0 aliphatic rings. The van der Waals surface area contributed by atoms with Gasteiger partial charge in [-0.3, -0.25) is 0 Å². The van der Waals surface area contributed by atoms with Crippen LogP contribution in [0.2, 0.25) is 0 Å². The van der Waals surface area contributed by atoms with Crippen molar-refractivity contribution >= 4 is 0 Å². The average molecular weight is 540 g/mol. The number of unbranched alkanes of at least 4 members (excludes halogenated alkanes) is 10. The number of rotatable bonds is 27. The monoisotopic (exact) mass is 540 g/mol. The third kappa shape index (κ3) is 20.7. The summed E-state index contributed by atoms with van der Waals surface area (Å²) in [6.45, 7) is 14.8. The highest BCUT2D eigenvalue weighted by Gasteiger charge is 2.23. The lowest BCUT2D eigenvalue weighted by molar-refractivity contribution is 0.206. The highest BCUT2D eigenvalue weighted by molar-refractivity contribution is 5.13. The van der Waals surface area contributed by atoms with Crippen LogP contribution in [-0.4, -0.2) is 0 Å². The van der Waals surface area contributed by atoms with Crippen LogP contribution in [0, 0.1) is 29.2 Å². The van der Waals surface area contributed by atoms with Crippen molar-refractivity contribution in [1.29, 1.82) is 0 Å². The van der Waals surface area contributed by atoms with Gasteiger partial charge in [0.2, 0.25) is 0 Å². The molecule has 4 unspecified atom stereocenters. The van der Waals surface area contributed by atoms with Crippen LogP contribution in [0.25, 0.3) is 0 Å². The van der Waals surface area contributed by atoms with E-state index in [1.54, 1.807) is 0 Å². The Morgan fingerprint density at radius 2 is 1.13 bits per heavy atom. The molecule has 1 radical (unpaired) electrons. The largest absolute Gasteiger partial charge is 0.0654 e. The maximum atomic E-state index is 3.19.